The van der Waals surface area contributed by atoms with E-state index in [4.69, 9.17) is 0 Å². The van der Waals surface area contributed by atoms with Crippen molar-refractivity contribution in [3.05, 3.63) is 0 Å². The van der Waals surface area contributed by atoms with Crippen molar-refractivity contribution < 1.29 is 9.90 Å². The van der Waals surface area contributed by atoms with Crippen LogP contribution in [0.2, 0.25) is 0 Å². The van der Waals surface area contributed by atoms with Gasteiger partial charge in [0.1, 0.15) is 0 Å². The van der Waals surface area contributed by atoms with Crippen LogP contribution >= 0.6 is 0 Å². The maximum absolute atomic E-state index is 9.82. The van der Waals surface area contributed by atoms with E-state index in [1.807, 2.05) is 20.8 Å². The van der Waals surface area contributed by atoms with Gasteiger partial charge in [0.15, 0.2) is 0 Å². The summed E-state index contributed by atoms with van der Waals surface area (Å²) in [5, 5.41) is 9.82. The van der Waals surface area contributed by atoms with Crippen molar-refractivity contribution in [3.63, 3.8) is 0 Å². The molecule has 0 bridgehead atoms. The van der Waals surface area contributed by atoms with Crippen molar-refractivity contribution in [2.45, 2.75) is 34.1 Å². The number of aliphatic carboxylic acids is 1. The average Bonchev–Trinajstić information content (AvgIpc) is 1.91. The van der Waals surface area contributed by atoms with Gasteiger partial charge in [-0.25, -0.2) is 0 Å². The third-order valence-corrected chi connectivity index (χ3v) is 1.01. The number of carboxylic acids is 1. The van der Waals surface area contributed by atoms with E-state index >= 15 is 0 Å². The van der Waals surface area contributed by atoms with Gasteiger partial charge in [0.05, 0.1) is 0 Å². The van der Waals surface area contributed by atoms with Crippen LogP contribution < -0.4 is 5.11 Å². The SMILES string of the molecule is CC.CCC(C)C(=O)[O-]. The fourth-order valence-corrected chi connectivity index (χ4v) is 0.167. The summed E-state index contributed by atoms with van der Waals surface area (Å²) in [6.45, 7) is 7.45. The molecule has 0 amide bonds. The minimum atomic E-state index is -0.956. The number of carboxylic acid groups (broad SMARTS) is 1. The monoisotopic (exact) mass is 131 g/mol. The van der Waals surface area contributed by atoms with Crippen LogP contribution in [0.4, 0.5) is 0 Å². The van der Waals surface area contributed by atoms with E-state index in [1.165, 1.54) is 0 Å². The first-order valence-corrected chi connectivity index (χ1v) is 3.39. The Balaban J connectivity index is 0. The number of carbonyl (C=O) groups excluding carboxylic acids is 1. The van der Waals surface area contributed by atoms with Crippen LogP contribution in [0.1, 0.15) is 34.1 Å². The fourth-order valence-electron chi connectivity index (χ4n) is 0.167. The molecule has 0 spiro atoms. The Kier molecular flexibility index (Phi) is 9.37. The topological polar surface area (TPSA) is 40.1 Å². The Morgan fingerprint density at radius 2 is 1.89 bits per heavy atom. The van der Waals surface area contributed by atoms with Crippen LogP contribution in [-0.2, 0) is 4.79 Å². The van der Waals surface area contributed by atoms with Crippen molar-refractivity contribution in [2.75, 3.05) is 0 Å². The molecule has 0 rings (SSSR count). The Labute approximate surface area is 56.9 Å². The van der Waals surface area contributed by atoms with Gasteiger partial charge in [-0.3, -0.25) is 0 Å². The van der Waals surface area contributed by atoms with Crippen LogP contribution in [0.3, 0.4) is 0 Å². The second-order valence-corrected chi connectivity index (χ2v) is 1.63. The Hall–Kier alpha value is -0.530. The summed E-state index contributed by atoms with van der Waals surface area (Å²) in [7, 11) is 0. The molecule has 1 atom stereocenters. The van der Waals surface area contributed by atoms with E-state index in [-0.39, 0.29) is 5.92 Å². The minimum absolute atomic E-state index is 0.292. The minimum Gasteiger partial charge on any atom is -0.550 e. The van der Waals surface area contributed by atoms with E-state index in [9.17, 15) is 9.90 Å². The molecule has 0 aliphatic carbocycles. The van der Waals surface area contributed by atoms with E-state index in [0.29, 0.717) is 6.42 Å². The van der Waals surface area contributed by atoms with Crippen molar-refractivity contribution in [1.82, 2.24) is 0 Å². The van der Waals surface area contributed by atoms with Crippen molar-refractivity contribution in [1.29, 1.82) is 0 Å². The van der Waals surface area contributed by atoms with E-state index in [1.54, 1.807) is 6.92 Å². The molecular formula is C7H15O2-. The highest BCUT2D eigenvalue weighted by Gasteiger charge is 1.94. The lowest BCUT2D eigenvalue weighted by Crippen LogP contribution is -2.28. The lowest BCUT2D eigenvalue weighted by atomic mass is 10.1. The zero-order chi connectivity index (χ0) is 7.86. The molecule has 0 N–H and O–H groups in total. The molecule has 0 aliphatic rings. The van der Waals surface area contributed by atoms with Gasteiger partial charge in [-0.1, -0.05) is 27.7 Å². The molecule has 0 aromatic rings. The maximum Gasteiger partial charge on any atom is 0.0442 e. The maximum atomic E-state index is 9.82. The van der Waals surface area contributed by atoms with E-state index in [0.717, 1.165) is 0 Å². The third kappa shape index (κ3) is 7.47. The van der Waals surface area contributed by atoms with Crippen molar-refractivity contribution >= 4 is 5.97 Å². The van der Waals surface area contributed by atoms with Gasteiger partial charge in [-0.15, -0.1) is 0 Å². The Morgan fingerprint density at radius 1 is 1.56 bits per heavy atom. The van der Waals surface area contributed by atoms with Gasteiger partial charge < -0.3 is 9.90 Å². The summed E-state index contributed by atoms with van der Waals surface area (Å²) in [6, 6.07) is 0. The molecule has 0 aromatic carbocycles. The highest BCUT2D eigenvalue weighted by atomic mass is 16.4. The summed E-state index contributed by atoms with van der Waals surface area (Å²) in [6.07, 6.45) is 0.655. The quantitative estimate of drug-likeness (QED) is 0.556. The third-order valence-electron chi connectivity index (χ3n) is 1.01. The van der Waals surface area contributed by atoms with Gasteiger partial charge in [-0.05, 0) is 12.3 Å². The first-order chi connectivity index (χ1) is 4.18. The Bertz CT molecular complexity index is 69.3. The zero-order valence-corrected chi connectivity index (χ0v) is 6.60. The first-order valence-electron chi connectivity index (χ1n) is 3.39. The molecule has 0 saturated carbocycles. The average molecular weight is 131 g/mol. The predicted molar refractivity (Wildman–Crippen MR) is 35.8 cm³/mol. The number of rotatable bonds is 2. The summed E-state index contributed by atoms with van der Waals surface area (Å²) in [5.74, 6) is -1.25. The fraction of sp³-hybridized carbons (Fsp3) is 0.857. The molecule has 0 aliphatic heterocycles. The molecule has 2 heteroatoms. The van der Waals surface area contributed by atoms with E-state index < -0.39 is 5.97 Å². The molecule has 2 nitrogen and oxygen atoms in total. The molecule has 0 fully saturated rings. The smallest absolute Gasteiger partial charge is 0.0442 e. The lowest BCUT2D eigenvalue weighted by molar-refractivity contribution is -0.311. The van der Waals surface area contributed by atoms with Crippen LogP contribution in [0.25, 0.3) is 0 Å². The summed E-state index contributed by atoms with van der Waals surface area (Å²) < 4.78 is 0. The Morgan fingerprint density at radius 3 is 1.89 bits per heavy atom. The number of carbonyl (C=O) groups is 1. The lowest BCUT2D eigenvalue weighted by Gasteiger charge is -2.06. The standard InChI is InChI=1S/C5H10O2.C2H6/c1-3-4(2)5(6)7;1-2/h4H,3H2,1-2H3,(H,6,7);1-2H3/p-1. The van der Waals surface area contributed by atoms with Gasteiger partial charge >= 0.3 is 0 Å². The van der Waals surface area contributed by atoms with Gasteiger partial charge in [0.2, 0.25) is 0 Å². The predicted octanol–water partition coefficient (Wildman–Crippen LogP) is 0.809. The molecule has 0 saturated heterocycles. The normalized spacial score (nSPS) is 11.1. The summed E-state index contributed by atoms with van der Waals surface area (Å²) in [4.78, 5) is 9.82. The van der Waals surface area contributed by atoms with Crippen LogP contribution in [0, 0.1) is 5.92 Å². The molecular weight excluding hydrogens is 116 g/mol. The summed E-state index contributed by atoms with van der Waals surface area (Å²) >= 11 is 0. The first kappa shape index (κ1) is 11.3. The second kappa shape index (κ2) is 7.47. The molecule has 9 heavy (non-hydrogen) atoms. The second-order valence-electron chi connectivity index (χ2n) is 1.63. The van der Waals surface area contributed by atoms with Crippen LogP contribution in [0.5, 0.6) is 0 Å². The molecule has 0 aromatic heterocycles. The van der Waals surface area contributed by atoms with Crippen LogP contribution in [-0.4, -0.2) is 5.97 Å². The highest BCUT2D eigenvalue weighted by molar-refractivity contribution is 5.66. The van der Waals surface area contributed by atoms with Crippen LogP contribution in [0.15, 0.2) is 0 Å². The zero-order valence-electron chi connectivity index (χ0n) is 6.60. The highest BCUT2D eigenvalue weighted by Crippen LogP contribution is 1.95. The molecule has 56 valence electrons. The molecule has 1 unspecified atom stereocenters. The number of hydrogen-bond acceptors (Lipinski definition) is 2. The van der Waals surface area contributed by atoms with Gasteiger partial charge in [0.25, 0.3) is 0 Å². The van der Waals surface area contributed by atoms with E-state index in [2.05, 4.69) is 0 Å². The largest absolute Gasteiger partial charge is 0.550 e. The molecule has 0 radical (unpaired) electrons. The van der Waals surface area contributed by atoms with Crippen molar-refractivity contribution in [3.8, 4) is 0 Å². The summed E-state index contributed by atoms with van der Waals surface area (Å²) in [5.41, 5.74) is 0. The number of hydrogen-bond donors (Lipinski definition) is 0. The molecule has 0 heterocycles. The van der Waals surface area contributed by atoms with Gasteiger partial charge in [-0.2, -0.15) is 0 Å². The van der Waals surface area contributed by atoms with Gasteiger partial charge in [0, 0.05) is 5.97 Å². The van der Waals surface area contributed by atoms with Crippen molar-refractivity contribution in [2.24, 2.45) is 5.92 Å².